The van der Waals surface area contributed by atoms with E-state index in [0.717, 1.165) is 13.0 Å². The van der Waals surface area contributed by atoms with E-state index >= 15 is 0 Å². The molecule has 2 N–H and O–H groups in total. The highest BCUT2D eigenvalue weighted by Crippen LogP contribution is 2.33. The number of hydrogen-bond acceptors (Lipinski definition) is 3. The normalized spacial score (nSPS) is 10.7. The number of aryl methyl sites for hydroxylation is 1. The van der Waals surface area contributed by atoms with Crippen LogP contribution in [0.2, 0.25) is 0 Å². The summed E-state index contributed by atoms with van der Waals surface area (Å²) in [6.45, 7) is 2.88. The molecule has 0 spiro atoms. The minimum atomic E-state index is 0.740. The summed E-state index contributed by atoms with van der Waals surface area (Å²) in [4.78, 5) is 5.49. The van der Waals surface area contributed by atoms with E-state index < -0.39 is 0 Å². The van der Waals surface area contributed by atoms with Gasteiger partial charge in [0.2, 0.25) is 0 Å². The van der Waals surface area contributed by atoms with Gasteiger partial charge in [-0.2, -0.15) is 0 Å². The van der Waals surface area contributed by atoms with Crippen LogP contribution in [-0.4, -0.2) is 6.54 Å². The molecule has 0 aliphatic carbocycles. The maximum Gasteiger partial charge on any atom is 0.0445 e. The second-order valence-electron chi connectivity index (χ2n) is 3.21. The maximum atomic E-state index is 5.52. The molecule has 0 aromatic carbocycles. The van der Waals surface area contributed by atoms with E-state index in [1.165, 1.54) is 19.5 Å². The third-order valence-electron chi connectivity index (χ3n) is 2.04. The average Bonchev–Trinajstić information content (AvgIpc) is 2.74. The average molecular weight is 223 g/mol. The Morgan fingerprint density at radius 1 is 1.07 bits per heavy atom. The van der Waals surface area contributed by atoms with E-state index in [0.29, 0.717) is 0 Å². The second-order valence-corrected chi connectivity index (χ2v) is 5.67. The molecular weight excluding hydrogens is 210 g/mol. The van der Waals surface area contributed by atoms with Crippen LogP contribution in [0.1, 0.15) is 9.75 Å². The predicted molar refractivity (Wildman–Crippen MR) is 65.1 cm³/mol. The Morgan fingerprint density at radius 3 is 2.43 bits per heavy atom. The van der Waals surface area contributed by atoms with Gasteiger partial charge in [0.25, 0.3) is 0 Å². The zero-order chi connectivity index (χ0) is 9.97. The SMILES string of the molecule is Cc1ccc(-c2ccc(CCN)s2)s1. The summed E-state index contributed by atoms with van der Waals surface area (Å²) in [6.07, 6.45) is 0.995. The van der Waals surface area contributed by atoms with Crippen LogP contribution < -0.4 is 5.73 Å². The lowest BCUT2D eigenvalue weighted by Gasteiger charge is -1.90. The molecular formula is C11H13NS2. The predicted octanol–water partition coefficient (Wildman–Crippen LogP) is 3.29. The Hall–Kier alpha value is -0.640. The molecule has 3 heteroatoms. The molecule has 2 aromatic rings. The van der Waals surface area contributed by atoms with E-state index in [1.54, 1.807) is 0 Å². The molecule has 0 bridgehead atoms. The second kappa shape index (κ2) is 4.26. The standard InChI is InChI=1S/C11H13NS2/c1-8-2-4-10(13-8)11-5-3-9(14-11)6-7-12/h2-5H,6-7,12H2,1H3. The maximum absolute atomic E-state index is 5.52. The van der Waals surface area contributed by atoms with Crippen LogP contribution in [0.5, 0.6) is 0 Å². The van der Waals surface area contributed by atoms with Crippen molar-refractivity contribution in [3.05, 3.63) is 34.0 Å². The fraction of sp³-hybridized carbons (Fsp3) is 0.273. The quantitative estimate of drug-likeness (QED) is 0.849. The van der Waals surface area contributed by atoms with Crippen molar-refractivity contribution in [3.63, 3.8) is 0 Å². The molecule has 0 atom stereocenters. The number of rotatable bonds is 3. The van der Waals surface area contributed by atoms with Crippen LogP contribution >= 0.6 is 22.7 Å². The zero-order valence-electron chi connectivity index (χ0n) is 8.12. The van der Waals surface area contributed by atoms with Crippen LogP contribution in [0.4, 0.5) is 0 Å². The molecule has 0 saturated heterocycles. The number of thiophene rings is 2. The van der Waals surface area contributed by atoms with Crippen LogP contribution in [0.15, 0.2) is 24.3 Å². The van der Waals surface area contributed by atoms with Gasteiger partial charge in [-0.15, -0.1) is 22.7 Å². The third-order valence-corrected chi connectivity index (χ3v) is 4.38. The summed E-state index contributed by atoms with van der Waals surface area (Å²) in [5, 5.41) is 0. The van der Waals surface area contributed by atoms with Crippen LogP contribution in [0, 0.1) is 6.92 Å². The zero-order valence-corrected chi connectivity index (χ0v) is 9.75. The Labute approximate surface area is 92.2 Å². The molecule has 2 heterocycles. The molecule has 1 nitrogen and oxygen atoms in total. The Morgan fingerprint density at radius 2 is 1.79 bits per heavy atom. The van der Waals surface area contributed by atoms with Crippen molar-refractivity contribution in [2.45, 2.75) is 13.3 Å². The van der Waals surface area contributed by atoms with Gasteiger partial charge in [-0.3, -0.25) is 0 Å². The summed E-state index contributed by atoms with van der Waals surface area (Å²) in [6, 6.07) is 8.74. The number of hydrogen-bond donors (Lipinski definition) is 1. The van der Waals surface area contributed by atoms with Gasteiger partial charge in [-0.1, -0.05) is 0 Å². The van der Waals surface area contributed by atoms with Crippen molar-refractivity contribution < 1.29 is 0 Å². The van der Waals surface area contributed by atoms with Gasteiger partial charge < -0.3 is 5.73 Å². The Bertz CT molecular complexity index is 414. The van der Waals surface area contributed by atoms with Crippen molar-refractivity contribution in [3.8, 4) is 9.75 Å². The third kappa shape index (κ3) is 2.05. The molecule has 2 aromatic heterocycles. The molecule has 14 heavy (non-hydrogen) atoms. The highest BCUT2D eigenvalue weighted by atomic mass is 32.1. The minimum absolute atomic E-state index is 0.740. The van der Waals surface area contributed by atoms with Gasteiger partial charge in [0.1, 0.15) is 0 Å². The lowest BCUT2D eigenvalue weighted by Crippen LogP contribution is -2.00. The van der Waals surface area contributed by atoms with E-state index in [-0.39, 0.29) is 0 Å². The van der Waals surface area contributed by atoms with E-state index in [9.17, 15) is 0 Å². The lowest BCUT2D eigenvalue weighted by atomic mass is 10.3. The Balaban J connectivity index is 2.24. The van der Waals surface area contributed by atoms with Gasteiger partial charge in [0.15, 0.2) is 0 Å². The van der Waals surface area contributed by atoms with Gasteiger partial charge in [0.05, 0.1) is 0 Å². The van der Waals surface area contributed by atoms with Crippen molar-refractivity contribution in [1.29, 1.82) is 0 Å². The summed E-state index contributed by atoms with van der Waals surface area (Å²) in [7, 11) is 0. The van der Waals surface area contributed by atoms with Gasteiger partial charge in [-0.05, 0) is 44.2 Å². The van der Waals surface area contributed by atoms with Gasteiger partial charge in [0, 0.05) is 19.5 Å². The molecule has 0 aliphatic heterocycles. The summed E-state index contributed by atoms with van der Waals surface area (Å²) in [5.74, 6) is 0. The van der Waals surface area contributed by atoms with Gasteiger partial charge in [-0.25, -0.2) is 0 Å². The molecule has 0 aliphatic rings. The molecule has 0 radical (unpaired) electrons. The fourth-order valence-corrected chi connectivity index (χ4v) is 3.33. The largest absolute Gasteiger partial charge is 0.330 e. The van der Waals surface area contributed by atoms with Crippen LogP contribution in [0.25, 0.3) is 9.75 Å². The van der Waals surface area contributed by atoms with Crippen molar-refractivity contribution in [2.24, 2.45) is 5.73 Å². The molecule has 0 fully saturated rings. The smallest absolute Gasteiger partial charge is 0.0445 e. The lowest BCUT2D eigenvalue weighted by molar-refractivity contribution is 0.989. The summed E-state index contributed by atoms with van der Waals surface area (Å²) in [5.41, 5.74) is 5.52. The molecule has 0 amide bonds. The highest BCUT2D eigenvalue weighted by molar-refractivity contribution is 7.22. The minimum Gasteiger partial charge on any atom is -0.330 e. The van der Waals surface area contributed by atoms with Crippen molar-refractivity contribution in [1.82, 2.24) is 0 Å². The first kappa shape index (κ1) is 9.90. The Kier molecular flexibility index (Phi) is 3.01. The van der Waals surface area contributed by atoms with Crippen molar-refractivity contribution >= 4 is 22.7 Å². The number of nitrogens with two attached hydrogens (primary N) is 1. The van der Waals surface area contributed by atoms with Crippen molar-refractivity contribution in [2.75, 3.05) is 6.54 Å². The monoisotopic (exact) mass is 223 g/mol. The van der Waals surface area contributed by atoms with Gasteiger partial charge >= 0.3 is 0 Å². The molecule has 2 rings (SSSR count). The van der Waals surface area contributed by atoms with E-state index in [4.69, 9.17) is 5.73 Å². The highest BCUT2D eigenvalue weighted by Gasteiger charge is 2.04. The first-order valence-corrected chi connectivity index (χ1v) is 6.28. The van der Waals surface area contributed by atoms with Crippen LogP contribution in [0.3, 0.4) is 0 Å². The molecule has 0 saturated carbocycles. The van der Waals surface area contributed by atoms with E-state index in [1.807, 2.05) is 22.7 Å². The topological polar surface area (TPSA) is 26.0 Å². The fourth-order valence-electron chi connectivity index (χ4n) is 1.35. The summed E-state index contributed by atoms with van der Waals surface area (Å²) >= 11 is 3.71. The molecule has 0 unspecified atom stereocenters. The molecule has 74 valence electrons. The van der Waals surface area contributed by atoms with Crippen LogP contribution in [-0.2, 0) is 6.42 Å². The summed E-state index contributed by atoms with van der Waals surface area (Å²) < 4.78 is 0. The first-order valence-electron chi connectivity index (χ1n) is 4.65. The van der Waals surface area contributed by atoms with E-state index in [2.05, 4.69) is 31.2 Å². The first-order chi connectivity index (χ1) is 6.79.